The van der Waals surface area contributed by atoms with E-state index in [9.17, 15) is 13.2 Å². The summed E-state index contributed by atoms with van der Waals surface area (Å²) < 4.78 is 25.8. The van der Waals surface area contributed by atoms with Crippen molar-refractivity contribution in [1.29, 1.82) is 0 Å². The van der Waals surface area contributed by atoms with Gasteiger partial charge in [-0.05, 0) is 61.2 Å². The second-order valence-electron chi connectivity index (χ2n) is 8.02. The molecule has 0 unspecified atom stereocenters. The third kappa shape index (κ3) is 4.83. The maximum absolute atomic E-state index is 12.8. The fourth-order valence-corrected chi connectivity index (χ4v) is 5.56. The largest absolute Gasteiger partial charge is 0.347 e. The maximum Gasteiger partial charge on any atom is 0.272 e. The summed E-state index contributed by atoms with van der Waals surface area (Å²) in [5.41, 5.74) is 5.15. The fourth-order valence-electron chi connectivity index (χ4n) is 3.74. The Bertz CT molecular complexity index is 1230. The van der Waals surface area contributed by atoms with E-state index in [0.717, 1.165) is 22.4 Å². The Morgan fingerprint density at radius 1 is 1.13 bits per heavy atom. The van der Waals surface area contributed by atoms with Gasteiger partial charge in [0, 0.05) is 17.1 Å². The average Bonchev–Trinajstić information content (AvgIpc) is 3.33. The van der Waals surface area contributed by atoms with Crippen LogP contribution < -0.4 is 5.32 Å². The van der Waals surface area contributed by atoms with Crippen LogP contribution in [0.4, 0.5) is 0 Å². The van der Waals surface area contributed by atoms with Gasteiger partial charge < -0.3 is 5.32 Å². The van der Waals surface area contributed by atoms with Crippen molar-refractivity contribution in [2.45, 2.75) is 32.9 Å². The summed E-state index contributed by atoms with van der Waals surface area (Å²) in [5.74, 6) is -0.125. The van der Waals surface area contributed by atoms with Crippen LogP contribution in [-0.4, -0.2) is 35.6 Å². The predicted molar refractivity (Wildman–Crippen MR) is 122 cm³/mol. The highest BCUT2D eigenvalue weighted by Crippen LogP contribution is 2.31. The lowest BCUT2D eigenvalue weighted by Crippen LogP contribution is -2.23. The number of rotatable bonds is 5. The Labute approximate surface area is 187 Å². The van der Waals surface area contributed by atoms with Crippen LogP contribution in [0, 0.1) is 13.8 Å². The van der Waals surface area contributed by atoms with Crippen molar-refractivity contribution in [3.05, 3.63) is 75.9 Å². The molecular weight excluding hydrogens is 434 g/mol. The van der Waals surface area contributed by atoms with Crippen molar-refractivity contribution in [2.24, 2.45) is 0 Å². The highest BCUT2D eigenvalue weighted by atomic mass is 35.5. The Morgan fingerprint density at radius 2 is 1.87 bits per heavy atom. The monoisotopic (exact) mass is 457 g/mol. The van der Waals surface area contributed by atoms with Crippen LogP contribution in [0.2, 0.25) is 5.02 Å². The minimum atomic E-state index is -3.09. The van der Waals surface area contributed by atoms with E-state index in [1.807, 2.05) is 44.2 Å². The molecule has 2 heterocycles. The van der Waals surface area contributed by atoms with E-state index in [1.165, 1.54) is 5.56 Å². The van der Waals surface area contributed by atoms with E-state index >= 15 is 0 Å². The molecule has 0 spiro atoms. The first-order valence-electron chi connectivity index (χ1n) is 10.1. The number of carbonyl (C=O) groups is 1. The molecular formula is C23H24ClN3O3S. The average molecular weight is 458 g/mol. The van der Waals surface area contributed by atoms with E-state index in [0.29, 0.717) is 18.0 Å². The van der Waals surface area contributed by atoms with Gasteiger partial charge in [-0.15, -0.1) is 0 Å². The van der Waals surface area contributed by atoms with E-state index in [-0.39, 0.29) is 29.1 Å². The molecule has 8 heteroatoms. The van der Waals surface area contributed by atoms with E-state index in [4.69, 9.17) is 11.6 Å². The van der Waals surface area contributed by atoms with Gasteiger partial charge in [0.15, 0.2) is 15.5 Å². The third-order valence-electron chi connectivity index (χ3n) is 5.69. The van der Waals surface area contributed by atoms with Crippen molar-refractivity contribution in [3.8, 4) is 11.3 Å². The van der Waals surface area contributed by atoms with Gasteiger partial charge in [-0.2, -0.15) is 5.10 Å². The summed E-state index contributed by atoms with van der Waals surface area (Å²) in [6, 6.07) is 14.8. The third-order valence-corrected chi connectivity index (χ3v) is 7.69. The number of hydrogen-bond acceptors (Lipinski definition) is 4. The molecule has 1 aliphatic heterocycles. The van der Waals surface area contributed by atoms with Crippen LogP contribution in [0.25, 0.3) is 11.3 Å². The van der Waals surface area contributed by atoms with Crippen LogP contribution in [0.5, 0.6) is 0 Å². The highest BCUT2D eigenvalue weighted by Gasteiger charge is 2.32. The van der Waals surface area contributed by atoms with Crippen LogP contribution in [0.3, 0.4) is 0 Å². The molecule has 4 rings (SSSR count). The van der Waals surface area contributed by atoms with Gasteiger partial charge in [-0.3, -0.25) is 9.48 Å². The minimum Gasteiger partial charge on any atom is -0.347 e. The zero-order chi connectivity index (χ0) is 22.2. The number of nitrogens with zero attached hydrogens (tertiary/aromatic N) is 2. The number of sulfone groups is 1. The Balaban J connectivity index is 1.64. The summed E-state index contributed by atoms with van der Waals surface area (Å²) in [6.07, 6.45) is 0.494. The number of benzene rings is 2. The molecule has 1 amide bonds. The first kappa shape index (κ1) is 21.6. The standard InChI is InChI=1S/C23H24ClN3O3S/c1-15-3-6-18(11-16(15)2)22-12-21(26-27(22)20-9-10-31(29,30)14-20)23(28)25-13-17-4-7-19(24)8-5-17/h3-8,11-12,20H,9-10,13-14H2,1-2H3,(H,25,28)/t20-/m1/s1. The number of aromatic nitrogens is 2. The van der Waals surface area contributed by atoms with Crippen molar-refractivity contribution in [1.82, 2.24) is 15.1 Å². The molecule has 0 saturated carbocycles. The lowest BCUT2D eigenvalue weighted by atomic mass is 10.0. The number of carbonyl (C=O) groups excluding carboxylic acids is 1. The summed E-state index contributed by atoms with van der Waals surface area (Å²) >= 11 is 5.91. The number of hydrogen-bond donors (Lipinski definition) is 1. The van der Waals surface area contributed by atoms with Crippen molar-refractivity contribution >= 4 is 27.3 Å². The predicted octanol–water partition coefficient (Wildman–Crippen LogP) is 4.11. The smallest absolute Gasteiger partial charge is 0.272 e. The Morgan fingerprint density at radius 3 is 2.52 bits per heavy atom. The number of halogens is 1. The number of aryl methyl sites for hydroxylation is 2. The molecule has 6 nitrogen and oxygen atoms in total. The van der Waals surface area contributed by atoms with Gasteiger partial charge in [0.2, 0.25) is 0 Å². The van der Waals surface area contributed by atoms with Crippen molar-refractivity contribution in [2.75, 3.05) is 11.5 Å². The highest BCUT2D eigenvalue weighted by molar-refractivity contribution is 7.91. The van der Waals surface area contributed by atoms with Gasteiger partial charge >= 0.3 is 0 Å². The fraction of sp³-hybridized carbons (Fsp3) is 0.304. The van der Waals surface area contributed by atoms with Gasteiger partial charge in [-0.1, -0.05) is 35.9 Å². The lowest BCUT2D eigenvalue weighted by molar-refractivity contribution is 0.0945. The molecule has 0 aliphatic carbocycles. The maximum atomic E-state index is 12.8. The number of nitrogens with one attached hydrogen (secondary N) is 1. The first-order chi connectivity index (χ1) is 14.7. The van der Waals surface area contributed by atoms with E-state index in [2.05, 4.69) is 10.4 Å². The zero-order valence-electron chi connectivity index (χ0n) is 17.4. The molecule has 31 heavy (non-hydrogen) atoms. The van der Waals surface area contributed by atoms with Crippen molar-refractivity contribution in [3.63, 3.8) is 0 Å². The van der Waals surface area contributed by atoms with E-state index < -0.39 is 9.84 Å². The minimum absolute atomic E-state index is 0.0400. The van der Waals surface area contributed by atoms with Crippen LogP contribution >= 0.6 is 11.6 Å². The quantitative estimate of drug-likeness (QED) is 0.625. The summed E-state index contributed by atoms with van der Waals surface area (Å²) in [6.45, 7) is 4.41. The summed E-state index contributed by atoms with van der Waals surface area (Å²) in [7, 11) is -3.09. The molecule has 0 radical (unpaired) electrons. The van der Waals surface area contributed by atoms with Gasteiger partial charge in [-0.25, -0.2) is 8.42 Å². The van der Waals surface area contributed by atoms with Crippen LogP contribution in [-0.2, 0) is 16.4 Å². The lowest BCUT2D eigenvalue weighted by Gasteiger charge is -2.14. The van der Waals surface area contributed by atoms with E-state index in [1.54, 1.807) is 22.9 Å². The molecule has 1 N–H and O–H groups in total. The Kier molecular flexibility index (Phi) is 5.90. The zero-order valence-corrected chi connectivity index (χ0v) is 19.0. The number of amides is 1. The van der Waals surface area contributed by atoms with Crippen LogP contribution in [0.1, 0.15) is 39.6 Å². The summed E-state index contributed by atoms with van der Waals surface area (Å²) in [5, 5.41) is 8.05. The molecule has 2 aromatic carbocycles. The van der Waals surface area contributed by atoms with Crippen molar-refractivity contribution < 1.29 is 13.2 Å². The molecule has 162 valence electrons. The van der Waals surface area contributed by atoms with Gasteiger partial charge in [0.25, 0.3) is 5.91 Å². The van der Waals surface area contributed by atoms with Gasteiger partial charge in [0.05, 0.1) is 23.2 Å². The van der Waals surface area contributed by atoms with Crippen LogP contribution in [0.15, 0.2) is 48.5 Å². The molecule has 1 fully saturated rings. The topological polar surface area (TPSA) is 81.1 Å². The molecule has 1 saturated heterocycles. The first-order valence-corrected chi connectivity index (χ1v) is 12.3. The molecule has 1 atom stereocenters. The Hall–Kier alpha value is -2.64. The molecule has 1 aliphatic rings. The molecule has 1 aromatic heterocycles. The summed E-state index contributed by atoms with van der Waals surface area (Å²) in [4.78, 5) is 12.8. The molecule has 3 aromatic rings. The second kappa shape index (κ2) is 8.48. The normalized spacial score (nSPS) is 17.6. The van der Waals surface area contributed by atoms with Gasteiger partial charge in [0.1, 0.15) is 0 Å². The SMILES string of the molecule is Cc1ccc(-c2cc(C(=O)NCc3ccc(Cl)cc3)nn2[C@@H]2CCS(=O)(=O)C2)cc1C. The second-order valence-corrected chi connectivity index (χ2v) is 10.7. The molecule has 0 bridgehead atoms.